The van der Waals surface area contributed by atoms with Crippen molar-refractivity contribution >= 4 is 6.03 Å². The molecular formula is C13H19N3O. The lowest BCUT2D eigenvalue weighted by atomic mass is 10.0. The third-order valence-electron chi connectivity index (χ3n) is 3.15. The van der Waals surface area contributed by atoms with E-state index in [0.29, 0.717) is 12.5 Å². The van der Waals surface area contributed by atoms with E-state index in [9.17, 15) is 4.79 Å². The lowest BCUT2D eigenvalue weighted by Crippen LogP contribution is -2.38. The van der Waals surface area contributed by atoms with Gasteiger partial charge in [0.2, 0.25) is 0 Å². The maximum Gasteiger partial charge on any atom is 0.317 e. The molecule has 1 aliphatic heterocycles. The summed E-state index contributed by atoms with van der Waals surface area (Å²) in [6.45, 7) is 4.38. The van der Waals surface area contributed by atoms with Gasteiger partial charge in [0.25, 0.3) is 0 Å². The van der Waals surface area contributed by atoms with Crippen molar-refractivity contribution in [3.8, 4) is 0 Å². The molecular weight excluding hydrogens is 214 g/mol. The first-order valence-electron chi connectivity index (χ1n) is 6.21. The van der Waals surface area contributed by atoms with E-state index in [2.05, 4.69) is 16.4 Å². The zero-order valence-electron chi connectivity index (χ0n) is 10.2. The van der Waals surface area contributed by atoms with Crippen LogP contribution in [0, 0.1) is 5.92 Å². The van der Waals surface area contributed by atoms with Crippen LogP contribution in [0.3, 0.4) is 0 Å². The molecule has 1 fully saturated rings. The van der Waals surface area contributed by atoms with E-state index in [0.717, 1.165) is 25.9 Å². The summed E-state index contributed by atoms with van der Waals surface area (Å²) in [5.41, 5.74) is 1.26. The molecule has 17 heavy (non-hydrogen) atoms. The monoisotopic (exact) mass is 233 g/mol. The fraction of sp³-hybridized carbons (Fsp3) is 0.538. The van der Waals surface area contributed by atoms with Gasteiger partial charge >= 0.3 is 6.03 Å². The summed E-state index contributed by atoms with van der Waals surface area (Å²) < 4.78 is 0. The molecule has 0 radical (unpaired) electrons. The molecule has 2 heterocycles. The van der Waals surface area contributed by atoms with Gasteiger partial charge in [-0.25, -0.2) is 4.79 Å². The Bertz CT molecular complexity index is 366. The van der Waals surface area contributed by atoms with E-state index >= 15 is 0 Å². The Balaban J connectivity index is 1.84. The van der Waals surface area contributed by atoms with Gasteiger partial charge in [-0.1, -0.05) is 6.07 Å². The van der Waals surface area contributed by atoms with E-state index in [-0.39, 0.29) is 6.03 Å². The SMILES string of the molecule is CCNC(=O)N1CCC(Cc2cccnc2)C1. The minimum absolute atomic E-state index is 0.0705. The quantitative estimate of drug-likeness (QED) is 0.863. The Kier molecular flexibility index (Phi) is 3.96. The Morgan fingerprint density at radius 1 is 1.65 bits per heavy atom. The number of nitrogens with zero attached hydrogens (tertiary/aromatic N) is 2. The number of urea groups is 1. The molecule has 1 N–H and O–H groups in total. The lowest BCUT2D eigenvalue weighted by Gasteiger charge is -2.16. The summed E-state index contributed by atoms with van der Waals surface area (Å²) in [5.74, 6) is 0.571. The van der Waals surface area contributed by atoms with Gasteiger partial charge in [0, 0.05) is 32.0 Å². The molecule has 2 rings (SSSR count). The van der Waals surface area contributed by atoms with Crippen molar-refractivity contribution in [2.45, 2.75) is 19.8 Å². The Morgan fingerprint density at radius 3 is 3.24 bits per heavy atom. The predicted molar refractivity (Wildman–Crippen MR) is 66.7 cm³/mol. The number of amides is 2. The molecule has 0 aliphatic carbocycles. The molecule has 1 aromatic rings. The predicted octanol–water partition coefficient (Wildman–Crippen LogP) is 1.68. The number of nitrogens with one attached hydrogen (secondary N) is 1. The van der Waals surface area contributed by atoms with Crippen LogP contribution < -0.4 is 5.32 Å². The Morgan fingerprint density at radius 2 is 2.53 bits per heavy atom. The molecule has 0 spiro atoms. The van der Waals surface area contributed by atoms with Crippen molar-refractivity contribution in [2.75, 3.05) is 19.6 Å². The zero-order valence-corrected chi connectivity index (χ0v) is 10.2. The van der Waals surface area contributed by atoms with E-state index in [1.165, 1.54) is 5.56 Å². The second kappa shape index (κ2) is 5.66. The smallest absolute Gasteiger partial charge is 0.317 e. The van der Waals surface area contributed by atoms with Crippen molar-refractivity contribution in [2.24, 2.45) is 5.92 Å². The summed E-state index contributed by atoms with van der Waals surface area (Å²) in [6.07, 6.45) is 5.81. The van der Waals surface area contributed by atoms with Gasteiger partial charge in [-0.15, -0.1) is 0 Å². The van der Waals surface area contributed by atoms with E-state index < -0.39 is 0 Å². The second-order valence-electron chi connectivity index (χ2n) is 4.50. The van der Waals surface area contributed by atoms with Gasteiger partial charge in [0.05, 0.1) is 0 Å². The number of carbonyl (C=O) groups is 1. The third kappa shape index (κ3) is 3.19. The van der Waals surface area contributed by atoms with Crippen molar-refractivity contribution in [3.63, 3.8) is 0 Å². The van der Waals surface area contributed by atoms with Crippen LogP contribution in [0.1, 0.15) is 18.9 Å². The number of hydrogen-bond donors (Lipinski definition) is 1. The number of pyridine rings is 1. The zero-order chi connectivity index (χ0) is 12.1. The standard InChI is InChI=1S/C13H19N3O/c1-2-15-13(17)16-7-5-12(10-16)8-11-4-3-6-14-9-11/h3-4,6,9,12H,2,5,7-8,10H2,1H3,(H,15,17). The van der Waals surface area contributed by atoms with Crippen LogP contribution in [0.15, 0.2) is 24.5 Å². The molecule has 1 atom stereocenters. The molecule has 4 nitrogen and oxygen atoms in total. The number of hydrogen-bond acceptors (Lipinski definition) is 2. The number of rotatable bonds is 3. The van der Waals surface area contributed by atoms with Crippen LogP contribution in [0.4, 0.5) is 4.79 Å². The van der Waals surface area contributed by atoms with E-state index in [1.807, 2.05) is 24.1 Å². The molecule has 1 aliphatic rings. The summed E-state index contributed by atoms with van der Waals surface area (Å²) >= 11 is 0. The van der Waals surface area contributed by atoms with Crippen LogP contribution in [0.2, 0.25) is 0 Å². The maximum absolute atomic E-state index is 11.6. The number of carbonyl (C=O) groups excluding carboxylic acids is 1. The van der Waals surface area contributed by atoms with Gasteiger partial charge in [-0.2, -0.15) is 0 Å². The molecule has 0 bridgehead atoms. The largest absolute Gasteiger partial charge is 0.338 e. The van der Waals surface area contributed by atoms with Gasteiger partial charge in [0.1, 0.15) is 0 Å². The van der Waals surface area contributed by atoms with Crippen molar-refractivity contribution < 1.29 is 4.79 Å². The minimum atomic E-state index is 0.0705. The summed E-state index contributed by atoms with van der Waals surface area (Å²) in [6, 6.07) is 4.13. The first-order valence-corrected chi connectivity index (χ1v) is 6.21. The van der Waals surface area contributed by atoms with Crippen LogP contribution in [-0.4, -0.2) is 35.5 Å². The van der Waals surface area contributed by atoms with E-state index in [1.54, 1.807) is 6.20 Å². The summed E-state index contributed by atoms with van der Waals surface area (Å²) in [7, 11) is 0. The molecule has 92 valence electrons. The molecule has 1 aromatic heterocycles. The fourth-order valence-corrected chi connectivity index (χ4v) is 2.30. The third-order valence-corrected chi connectivity index (χ3v) is 3.15. The number of likely N-dealkylation sites (tertiary alicyclic amines) is 1. The highest BCUT2D eigenvalue weighted by Gasteiger charge is 2.25. The van der Waals surface area contributed by atoms with Gasteiger partial charge < -0.3 is 10.2 Å². The highest BCUT2D eigenvalue weighted by atomic mass is 16.2. The van der Waals surface area contributed by atoms with Crippen molar-refractivity contribution in [1.29, 1.82) is 0 Å². The second-order valence-corrected chi connectivity index (χ2v) is 4.50. The molecule has 2 amide bonds. The lowest BCUT2D eigenvalue weighted by molar-refractivity contribution is 0.207. The van der Waals surface area contributed by atoms with Crippen LogP contribution in [0.5, 0.6) is 0 Å². The number of aromatic nitrogens is 1. The van der Waals surface area contributed by atoms with Crippen LogP contribution >= 0.6 is 0 Å². The molecule has 1 unspecified atom stereocenters. The molecule has 1 saturated heterocycles. The molecule has 4 heteroatoms. The van der Waals surface area contributed by atoms with Crippen LogP contribution in [0.25, 0.3) is 0 Å². The topological polar surface area (TPSA) is 45.2 Å². The minimum Gasteiger partial charge on any atom is -0.338 e. The fourth-order valence-electron chi connectivity index (χ4n) is 2.30. The summed E-state index contributed by atoms with van der Waals surface area (Å²) in [5, 5.41) is 2.85. The maximum atomic E-state index is 11.6. The molecule has 0 aromatic carbocycles. The summed E-state index contributed by atoms with van der Waals surface area (Å²) in [4.78, 5) is 17.7. The highest BCUT2D eigenvalue weighted by molar-refractivity contribution is 5.74. The Hall–Kier alpha value is -1.58. The highest BCUT2D eigenvalue weighted by Crippen LogP contribution is 2.20. The normalized spacial score (nSPS) is 19.4. The first kappa shape index (κ1) is 11.9. The average molecular weight is 233 g/mol. The van der Waals surface area contributed by atoms with Gasteiger partial charge in [-0.3, -0.25) is 4.98 Å². The molecule has 0 saturated carbocycles. The Labute approximate surface area is 102 Å². The van der Waals surface area contributed by atoms with Crippen molar-refractivity contribution in [3.05, 3.63) is 30.1 Å². The van der Waals surface area contributed by atoms with Gasteiger partial charge in [-0.05, 0) is 37.3 Å². The van der Waals surface area contributed by atoms with Crippen LogP contribution in [-0.2, 0) is 6.42 Å². The van der Waals surface area contributed by atoms with E-state index in [4.69, 9.17) is 0 Å². The first-order chi connectivity index (χ1) is 8.29. The van der Waals surface area contributed by atoms with Crippen molar-refractivity contribution in [1.82, 2.24) is 15.2 Å². The average Bonchev–Trinajstić information content (AvgIpc) is 2.79. The van der Waals surface area contributed by atoms with Gasteiger partial charge in [0.15, 0.2) is 0 Å².